The lowest BCUT2D eigenvalue weighted by atomic mass is 9.98. The molecule has 2 aliphatic rings. The highest BCUT2D eigenvalue weighted by Crippen LogP contribution is 2.44. The van der Waals surface area contributed by atoms with Crippen molar-refractivity contribution in [3.63, 3.8) is 0 Å². The second-order valence-corrected chi connectivity index (χ2v) is 5.84. The molecule has 0 bridgehead atoms. The molecule has 0 N–H and O–H groups in total. The highest BCUT2D eigenvalue weighted by molar-refractivity contribution is 5.79. The number of ether oxygens (including phenoxy) is 2. The minimum Gasteiger partial charge on any atom is -0.445 e. The fourth-order valence-electron chi connectivity index (χ4n) is 3.25. The average molecular weight is 341 g/mol. The van der Waals surface area contributed by atoms with Crippen molar-refractivity contribution in [2.24, 2.45) is 0 Å². The van der Waals surface area contributed by atoms with Gasteiger partial charge in [0.1, 0.15) is 19.8 Å². The van der Waals surface area contributed by atoms with Crippen molar-refractivity contribution in [2.45, 2.75) is 5.92 Å². The first kappa shape index (κ1) is 16.1. The largest absolute Gasteiger partial charge is 0.459 e. The van der Waals surface area contributed by atoms with E-state index < -0.39 is 6.09 Å². The molecule has 4 rings (SSSR count). The molecule has 130 valence electrons. The molecule has 2 aromatic carbocycles. The molecular formula is C19H19NO5. The van der Waals surface area contributed by atoms with Gasteiger partial charge in [-0.05, 0) is 27.5 Å². The SMILES string of the molecule is O=C(OCC1c2ccccc2-c2ccccc21)N1OCCOCCO1. The second kappa shape index (κ2) is 7.23. The Bertz CT molecular complexity index is 709. The summed E-state index contributed by atoms with van der Waals surface area (Å²) in [7, 11) is 0. The molecular weight excluding hydrogens is 322 g/mol. The van der Waals surface area contributed by atoms with Crippen LogP contribution in [0.2, 0.25) is 0 Å². The molecule has 6 nitrogen and oxygen atoms in total. The third-order valence-corrected chi connectivity index (χ3v) is 4.36. The Balaban J connectivity index is 1.48. The van der Waals surface area contributed by atoms with E-state index in [1.807, 2.05) is 24.3 Å². The van der Waals surface area contributed by atoms with Crippen molar-refractivity contribution in [3.8, 4) is 11.1 Å². The van der Waals surface area contributed by atoms with Gasteiger partial charge in [-0.25, -0.2) is 14.5 Å². The Morgan fingerprint density at radius 2 is 1.48 bits per heavy atom. The van der Waals surface area contributed by atoms with Gasteiger partial charge in [0, 0.05) is 5.92 Å². The molecule has 0 aromatic heterocycles. The smallest absolute Gasteiger partial charge is 0.445 e. The van der Waals surface area contributed by atoms with Crippen LogP contribution in [0.15, 0.2) is 48.5 Å². The molecule has 2 aromatic rings. The molecule has 6 heteroatoms. The molecule has 0 spiro atoms. The van der Waals surface area contributed by atoms with Crippen LogP contribution >= 0.6 is 0 Å². The molecule has 1 saturated heterocycles. The van der Waals surface area contributed by atoms with Crippen molar-refractivity contribution in [1.29, 1.82) is 0 Å². The van der Waals surface area contributed by atoms with E-state index >= 15 is 0 Å². The minimum absolute atomic E-state index is 0.00874. The predicted octanol–water partition coefficient (Wildman–Crippen LogP) is 3.13. The van der Waals surface area contributed by atoms with Crippen LogP contribution in [0.1, 0.15) is 17.0 Å². The van der Waals surface area contributed by atoms with Gasteiger partial charge in [0.05, 0.1) is 13.2 Å². The van der Waals surface area contributed by atoms with Gasteiger partial charge in [-0.1, -0.05) is 48.5 Å². The Morgan fingerprint density at radius 3 is 2.08 bits per heavy atom. The summed E-state index contributed by atoms with van der Waals surface area (Å²) < 4.78 is 10.7. The van der Waals surface area contributed by atoms with Crippen molar-refractivity contribution < 1.29 is 23.9 Å². The van der Waals surface area contributed by atoms with Gasteiger partial charge in [0.25, 0.3) is 0 Å². The zero-order chi connectivity index (χ0) is 17.1. The third-order valence-electron chi connectivity index (χ3n) is 4.36. The van der Waals surface area contributed by atoms with Crippen molar-refractivity contribution in [3.05, 3.63) is 59.7 Å². The van der Waals surface area contributed by atoms with Crippen LogP contribution in [-0.2, 0) is 19.1 Å². The van der Waals surface area contributed by atoms with E-state index in [0.717, 1.165) is 5.23 Å². The van der Waals surface area contributed by atoms with Gasteiger partial charge in [0.2, 0.25) is 0 Å². The lowest BCUT2D eigenvalue weighted by Gasteiger charge is -2.23. The van der Waals surface area contributed by atoms with E-state index in [9.17, 15) is 4.79 Å². The normalized spacial score (nSPS) is 17.4. The van der Waals surface area contributed by atoms with Gasteiger partial charge in [-0.2, -0.15) is 0 Å². The summed E-state index contributed by atoms with van der Waals surface area (Å²) in [5.74, 6) is 0.00874. The Morgan fingerprint density at radius 1 is 0.920 bits per heavy atom. The molecule has 1 aliphatic carbocycles. The van der Waals surface area contributed by atoms with Gasteiger partial charge in [0.15, 0.2) is 0 Å². The van der Waals surface area contributed by atoms with Gasteiger partial charge in [-0.15, -0.1) is 0 Å². The quantitative estimate of drug-likeness (QED) is 0.840. The average Bonchev–Trinajstić information content (AvgIpc) is 2.93. The topological polar surface area (TPSA) is 57.2 Å². The third kappa shape index (κ3) is 3.24. The van der Waals surface area contributed by atoms with Gasteiger partial charge < -0.3 is 9.47 Å². The second-order valence-electron chi connectivity index (χ2n) is 5.84. The van der Waals surface area contributed by atoms with Crippen LogP contribution in [-0.4, -0.2) is 44.4 Å². The number of hydroxylamine groups is 2. The summed E-state index contributed by atoms with van der Waals surface area (Å²) in [6, 6.07) is 16.4. The van der Waals surface area contributed by atoms with Crippen LogP contribution in [0.4, 0.5) is 4.79 Å². The highest BCUT2D eigenvalue weighted by Gasteiger charge is 2.30. The summed E-state index contributed by atoms with van der Waals surface area (Å²) in [6.45, 7) is 1.54. The van der Waals surface area contributed by atoms with Crippen molar-refractivity contribution >= 4 is 6.09 Å². The van der Waals surface area contributed by atoms with E-state index in [-0.39, 0.29) is 25.7 Å². The first-order valence-electron chi connectivity index (χ1n) is 8.33. The molecule has 25 heavy (non-hydrogen) atoms. The summed E-state index contributed by atoms with van der Waals surface area (Å²) in [4.78, 5) is 22.7. The molecule has 0 unspecified atom stereocenters. The summed E-state index contributed by atoms with van der Waals surface area (Å²) >= 11 is 0. The van der Waals surface area contributed by atoms with Crippen LogP contribution < -0.4 is 0 Å². The Hall–Kier alpha value is -2.41. The zero-order valence-electron chi connectivity index (χ0n) is 13.7. The maximum atomic E-state index is 12.3. The molecule has 0 radical (unpaired) electrons. The van der Waals surface area contributed by atoms with Crippen molar-refractivity contribution in [1.82, 2.24) is 5.23 Å². The monoisotopic (exact) mass is 341 g/mol. The number of hydrogen-bond acceptors (Lipinski definition) is 5. The molecule has 0 atom stereocenters. The predicted molar refractivity (Wildman–Crippen MR) is 89.6 cm³/mol. The number of carbonyl (C=O) groups is 1. The molecule has 0 saturated carbocycles. The Labute approximate surface area is 145 Å². The number of fused-ring (bicyclic) bond motifs is 3. The number of nitrogens with zero attached hydrogens (tertiary/aromatic N) is 1. The Kier molecular flexibility index (Phi) is 4.65. The standard InChI is InChI=1S/C19H19NO5/c21-19(20-24-11-9-22-10-12-25-20)23-13-18-16-7-3-1-5-14(16)15-6-2-4-8-17(15)18/h1-8,18H,9-13H2. The van der Waals surface area contributed by atoms with Gasteiger partial charge in [-0.3, -0.25) is 0 Å². The van der Waals surface area contributed by atoms with E-state index in [1.165, 1.54) is 22.3 Å². The van der Waals surface area contributed by atoms with Crippen LogP contribution in [0.5, 0.6) is 0 Å². The number of amides is 1. The van der Waals surface area contributed by atoms with E-state index in [1.54, 1.807) is 0 Å². The first-order valence-corrected chi connectivity index (χ1v) is 8.33. The summed E-state index contributed by atoms with van der Waals surface area (Å²) in [5, 5.41) is 0.815. The lowest BCUT2D eigenvalue weighted by molar-refractivity contribution is -0.351. The molecule has 1 aliphatic heterocycles. The fraction of sp³-hybridized carbons (Fsp3) is 0.316. The molecule has 1 fully saturated rings. The van der Waals surface area contributed by atoms with Crippen LogP contribution in [0, 0.1) is 0 Å². The number of rotatable bonds is 2. The summed E-state index contributed by atoms with van der Waals surface area (Å²) in [5.41, 5.74) is 4.71. The molecule has 1 amide bonds. The van der Waals surface area contributed by atoms with E-state index in [2.05, 4.69) is 24.3 Å². The zero-order valence-corrected chi connectivity index (χ0v) is 13.7. The van der Waals surface area contributed by atoms with Crippen LogP contribution in [0.25, 0.3) is 11.1 Å². The number of benzene rings is 2. The maximum absolute atomic E-state index is 12.3. The molecule has 1 heterocycles. The lowest BCUT2D eigenvalue weighted by Crippen LogP contribution is -2.36. The number of carbonyl (C=O) groups excluding carboxylic acids is 1. The maximum Gasteiger partial charge on any atom is 0.459 e. The van der Waals surface area contributed by atoms with Gasteiger partial charge >= 0.3 is 6.09 Å². The van der Waals surface area contributed by atoms with Crippen molar-refractivity contribution in [2.75, 3.05) is 33.0 Å². The minimum atomic E-state index is -0.649. The van der Waals surface area contributed by atoms with E-state index in [4.69, 9.17) is 19.1 Å². The highest BCUT2D eigenvalue weighted by atomic mass is 17.0. The van der Waals surface area contributed by atoms with Crippen LogP contribution in [0.3, 0.4) is 0 Å². The summed E-state index contributed by atoms with van der Waals surface area (Å²) in [6.07, 6.45) is -0.649. The van der Waals surface area contributed by atoms with E-state index in [0.29, 0.717) is 13.2 Å². The number of hydrogen-bond donors (Lipinski definition) is 0. The first-order chi connectivity index (χ1) is 12.3. The fourth-order valence-corrected chi connectivity index (χ4v) is 3.25.